The van der Waals surface area contributed by atoms with Crippen LogP contribution in [0.3, 0.4) is 0 Å². The molecular weight excluding hydrogens is 330 g/mol. The molecule has 2 amide bonds. The van der Waals surface area contributed by atoms with E-state index >= 15 is 0 Å². The maximum absolute atomic E-state index is 13.1. The van der Waals surface area contributed by atoms with E-state index in [4.69, 9.17) is 4.74 Å². The van der Waals surface area contributed by atoms with Crippen LogP contribution in [0.25, 0.3) is 0 Å². The molecule has 0 saturated heterocycles. The molecule has 0 aromatic heterocycles. The number of hydrogen-bond donors (Lipinski definition) is 2. The molecule has 0 aliphatic heterocycles. The average molecular weight is 348 g/mol. The van der Waals surface area contributed by atoms with Crippen LogP contribution in [0.15, 0.2) is 48.5 Å². The summed E-state index contributed by atoms with van der Waals surface area (Å²) in [7, 11) is 0. The van der Waals surface area contributed by atoms with Gasteiger partial charge < -0.3 is 15.4 Å². The smallest absolute Gasteiger partial charge is 0.254 e. The summed E-state index contributed by atoms with van der Waals surface area (Å²) in [5.74, 6) is -3.10. The van der Waals surface area contributed by atoms with Crippen LogP contribution in [0.2, 0.25) is 0 Å². The molecule has 5 nitrogen and oxygen atoms in total. The van der Waals surface area contributed by atoms with Crippen molar-refractivity contribution in [3.05, 3.63) is 65.7 Å². The molecule has 0 bridgehead atoms. The van der Waals surface area contributed by atoms with Crippen LogP contribution in [-0.2, 0) is 14.3 Å². The Morgan fingerprint density at radius 1 is 1.08 bits per heavy atom. The highest BCUT2D eigenvalue weighted by atomic mass is 19.2. The molecule has 0 spiro atoms. The number of amides is 2. The fraction of sp³-hybridized carbons (Fsp3) is 0.222. The Bertz CT molecular complexity index is 738. The SMILES string of the molecule is CCO[C@@H](C(=O)NCC(=O)Nc1ccc(F)c(F)c1)c1ccccc1. The van der Waals surface area contributed by atoms with E-state index in [0.717, 1.165) is 12.1 Å². The highest BCUT2D eigenvalue weighted by Crippen LogP contribution is 2.17. The summed E-state index contributed by atoms with van der Waals surface area (Å²) in [6, 6.07) is 11.9. The molecule has 0 saturated carbocycles. The van der Waals surface area contributed by atoms with Gasteiger partial charge in [-0.3, -0.25) is 9.59 Å². The zero-order valence-electron chi connectivity index (χ0n) is 13.6. The van der Waals surface area contributed by atoms with Gasteiger partial charge in [-0.15, -0.1) is 0 Å². The summed E-state index contributed by atoms with van der Waals surface area (Å²) in [5.41, 5.74) is 0.769. The average Bonchev–Trinajstić information content (AvgIpc) is 2.61. The summed E-state index contributed by atoms with van der Waals surface area (Å²) in [6.07, 6.45) is -0.831. The molecule has 1 atom stereocenters. The monoisotopic (exact) mass is 348 g/mol. The lowest BCUT2D eigenvalue weighted by atomic mass is 10.1. The van der Waals surface area contributed by atoms with Crippen molar-refractivity contribution >= 4 is 17.5 Å². The first-order valence-electron chi connectivity index (χ1n) is 7.70. The minimum atomic E-state index is -1.07. The molecule has 2 aromatic carbocycles. The van der Waals surface area contributed by atoms with E-state index in [-0.39, 0.29) is 12.2 Å². The van der Waals surface area contributed by atoms with Gasteiger partial charge in [-0.2, -0.15) is 0 Å². The van der Waals surface area contributed by atoms with Gasteiger partial charge in [0.2, 0.25) is 5.91 Å². The number of carbonyl (C=O) groups is 2. The molecule has 0 radical (unpaired) electrons. The topological polar surface area (TPSA) is 67.4 Å². The molecule has 0 unspecified atom stereocenters. The first-order chi connectivity index (χ1) is 12.0. The Balaban J connectivity index is 1.92. The van der Waals surface area contributed by atoms with Crippen molar-refractivity contribution in [1.82, 2.24) is 5.32 Å². The number of ether oxygens (including phenoxy) is 1. The molecule has 2 aromatic rings. The molecule has 2 N–H and O–H groups in total. The van der Waals surface area contributed by atoms with Crippen molar-refractivity contribution in [2.24, 2.45) is 0 Å². The second-order valence-corrected chi connectivity index (χ2v) is 5.14. The van der Waals surface area contributed by atoms with E-state index in [0.29, 0.717) is 12.2 Å². The minimum absolute atomic E-state index is 0.0996. The second-order valence-electron chi connectivity index (χ2n) is 5.14. The van der Waals surface area contributed by atoms with Gasteiger partial charge >= 0.3 is 0 Å². The van der Waals surface area contributed by atoms with E-state index < -0.39 is 29.6 Å². The highest BCUT2D eigenvalue weighted by molar-refractivity contribution is 5.95. The van der Waals surface area contributed by atoms with Crippen molar-refractivity contribution in [1.29, 1.82) is 0 Å². The van der Waals surface area contributed by atoms with E-state index in [1.54, 1.807) is 31.2 Å². The molecule has 0 heterocycles. The fourth-order valence-corrected chi connectivity index (χ4v) is 2.16. The quantitative estimate of drug-likeness (QED) is 0.809. The number of nitrogens with one attached hydrogen (secondary N) is 2. The third-order valence-corrected chi connectivity index (χ3v) is 3.30. The predicted molar refractivity (Wildman–Crippen MR) is 88.8 cm³/mol. The lowest BCUT2D eigenvalue weighted by Gasteiger charge is -2.17. The zero-order chi connectivity index (χ0) is 18.2. The molecule has 2 rings (SSSR count). The maximum atomic E-state index is 13.1. The third kappa shape index (κ3) is 5.36. The lowest BCUT2D eigenvalue weighted by Crippen LogP contribution is -2.36. The number of halogens is 2. The predicted octanol–water partition coefficient (Wildman–Crippen LogP) is 2.80. The van der Waals surface area contributed by atoms with Crippen LogP contribution in [0, 0.1) is 11.6 Å². The molecule has 132 valence electrons. The fourth-order valence-electron chi connectivity index (χ4n) is 2.16. The number of carbonyl (C=O) groups excluding carboxylic acids is 2. The molecule has 25 heavy (non-hydrogen) atoms. The molecule has 0 aliphatic carbocycles. The lowest BCUT2D eigenvalue weighted by molar-refractivity contribution is -0.134. The van der Waals surface area contributed by atoms with E-state index in [2.05, 4.69) is 10.6 Å². The highest BCUT2D eigenvalue weighted by Gasteiger charge is 2.21. The normalized spacial score (nSPS) is 11.6. The van der Waals surface area contributed by atoms with Gasteiger partial charge in [0.05, 0.1) is 6.54 Å². The number of benzene rings is 2. The van der Waals surface area contributed by atoms with Crippen LogP contribution in [0.1, 0.15) is 18.6 Å². The van der Waals surface area contributed by atoms with E-state index in [1.165, 1.54) is 6.07 Å². The standard InChI is InChI=1S/C18H18F2N2O3/c1-2-25-17(12-6-4-3-5-7-12)18(24)21-11-16(23)22-13-8-9-14(19)15(20)10-13/h3-10,17H,2,11H2,1H3,(H,21,24)(H,22,23)/t17-/m1/s1. The summed E-state index contributed by atoms with van der Waals surface area (Å²) in [5, 5.41) is 4.84. The van der Waals surface area contributed by atoms with Gasteiger partial charge in [-0.1, -0.05) is 30.3 Å². The van der Waals surface area contributed by atoms with Crippen molar-refractivity contribution in [3.63, 3.8) is 0 Å². The second kappa shape index (κ2) is 8.89. The van der Waals surface area contributed by atoms with Gasteiger partial charge in [-0.25, -0.2) is 8.78 Å². The molecule has 0 fully saturated rings. The van der Waals surface area contributed by atoms with E-state index in [9.17, 15) is 18.4 Å². The van der Waals surface area contributed by atoms with Gasteiger partial charge in [0.25, 0.3) is 5.91 Å². The summed E-state index contributed by atoms with van der Waals surface area (Å²) < 4.78 is 31.4. The van der Waals surface area contributed by atoms with Crippen LogP contribution >= 0.6 is 0 Å². The van der Waals surface area contributed by atoms with Gasteiger partial charge in [0.1, 0.15) is 0 Å². The molecule has 0 aliphatic rings. The first-order valence-corrected chi connectivity index (χ1v) is 7.70. The van der Waals surface area contributed by atoms with Crippen molar-refractivity contribution < 1.29 is 23.1 Å². The summed E-state index contributed by atoms with van der Waals surface area (Å²) in [6.45, 7) is 1.77. The minimum Gasteiger partial charge on any atom is -0.364 e. The number of anilines is 1. The van der Waals surface area contributed by atoms with Crippen LogP contribution < -0.4 is 10.6 Å². The van der Waals surface area contributed by atoms with Crippen molar-refractivity contribution in [2.45, 2.75) is 13.0 Å². The number of hydrogen-bond acceptors (Lipinski definition) is 3. The first kappa shape index (κ1) is 18.5. The Morgan fingerprint density at radius 3 is 2.44 bits per heavy atom. The number of rotatable bonds is 7. The van der Waals surface area contributed by atoms with Crippen LogP contribution in [-0.4, -0.2) is 25.0 Å². The zero-order valence-corrected chi connectivity index (χ0v) is 13.6. The Morgan fingerprint density at radius 2 is 1.80 bits per heavy atom. The summed E-state index contributed by atoms with van der Waals surface area (Å²) in [4.78, 5) is 24.1. The maximum Gasteiger partial charge on any atom is 0.254 e. The molecular formula is C18H18F2N2O3. The van der Waals surface area contributed by atoms with Crippen LogP contribution in [0.4, 0.5) is 14.5 Å². The van der Waals surface area contributed by atoms with Gasteiger partial charge in [0.15, 0.2) is 17.7 Å². The Kier molecular flexibility index (Phi) is 6.59. The van der Waals surface area contributed by atoms with Crippen molar-refractivity contribution in [3.8, 4) is 0 Å². The van der Waals surface area contributed by atoms with E-state index in [1.807, 2.05) is 6.07 Å². The Labute approximate surface area is 144 Å². The van der Waals surface area contributed by atoms with Gasteiger partial charge in [0, 0.05) is 18.4 Å². The van der Waals surface area contributed by atoms with Crippen molar-refractivity contribution in [2.75, 3.05) is 18.5 Å². The largest absolute Gasteiger partial charge is 0.364 e. The Hall–Kier alpha value is -2.80. The summed E-state index contributed by atoms with van der Waals surface area (Å²) >= 11 is 0. The molecule has 7 heteroatoms. The van der Waals surface area contributed by atoms with Gasteiger partial charge in [-0.05, 0) is 24.6 Å². The van der Waals surface area contributed by atoms with Crippen LogP contribution in [0.5, 0.6) is 0 Å². The third-order valence-electron chi connectivity index (χ3n) is 3.30.